The van der Waals surface area contributed by atoms with Crippen molar-refractivity contribution in [3.63, 3.8) is 0 Å². The first-order valence-corrected chi connectivity index (χ1v) is 12.7. The molecule has 0 saturated carbocycles. The molecule has 2 aromatic rings. The summed E-state index contributed by atoms with van der Waals surface area (Å²) in [5, 5.41) is 0. The van der Waals surface area contributed by atoms with E-state index in [1.807, 2.05) is 24.5 Å². The standard InChI is InChI=1S/C20H26N4.2ClH.Mn/c1-3-11-21-17(7-1)15-23-13-5-9-19(23)20-10-6-14-24(20)16-18-8-2-4-12-22-18;;;/h1-4,7-8,11-12,19-20H,5-6,9-10,13-16H2;2*1H;/q;;;+2/p-2/t19-,20-;;;/m1.../s1. The quantitative estimate of drug-likeness (QED) is 0.632. The first kappa shape index (κ1) is 21.0. The molecule has 147 valence electrons. The minimum atomic E-state index is 0.00694. The number of aromatic nitrogens is 2. The number of halogens is 2. The fourth-order valence-electron chi connectivity index (χ4n) is 4.37. The number of hydrogen-bond acceptors (Lipinski definition) is 4. The molecule has 0 aromatic carbocycles. The van der Waals surface area contributed by atoms with Crippen LogP contribution in [-0.4, -0.2) is 44.9 Å². The van der Waals surface area contributed by atoms with Crippen LogP contribution in [0.3, 0.4) is 0 Å². The molecule has 0 bridgehead atoms. The van der Waals surface area contributed by atoms with Crippen molar-refractivity contribution in [2.45, 2.75) is 50.9 Å². The summed E-state index contributed by atoms with van der Waals surface area (Å²) in [4.78, 5) is 14.4. The second-order valence-electron chi connectivity index (χ2n) is 7.06. The van der Waals surface area contributed by atoms with E-state index in [9.17, 15) is 0 Å². The second kappa shape index (κ2) is 11.4. The summed E-state index contributed by atoms with van der Waals surface area (Å²) in [7, 11) is 9.59. The first-order chi connectivity index (χ1) is 13.3. The number of likely N-dealkylation sites (tertiary alicyclic amines) is 2. The van der Waals surface area contributed by atoms with E-state index in [1.54, 1.807) is 0 Å². The largest absolute Gasteiger partial charge is 0.293 e. The van der Waals surface area contributed by atoms with E-state index in [2.05, 4.69) is 44.0 Å². The third-order valence-electron chi connectivity index (χ3n) is 5.46. The molecule has 0 radical (unpaired) electrons. The van der Waals surface area contributed by atoms with Crippen molar-refractivity contribution in [2.24, 2.45) is 0 Å². The Morgan fingerprint density at radius 1 is 0.815 bits per heavy atom. The van der Waals surface area contributed by atoms with Crippen LogP contribution in [-0.2, 0) is 26.2 Å². The third kappa shape index (κ3) is 6.15. The van der Waals surface area contributed by atoms with E-state index in [4.69, 9.17) is 20.2 Å². The maximum absolute atomic E-state index is 4.80. The average Bonchev–Trinajstić information content (AvgIpc) is 3.33. The molecule has 2 aliphatic heterocycles. The van der Waals surface area contributed by atoms with Gasteiger partial charge in [0.2, 0.25) is 0 Å². The van der Waals surface area contributed by atoms with Gasteiger partial charge in [-0.15, -0.1) is 0 Å². The minimum Gasteiger partial charge on any atom is -0.293 e. The van der Waals surface area contributed by atoms with E-state index >= 15 is 0 Å². The van der Waals surface area contributed by atoms with Gasteiger partial charge in [0.05, 0.1) is 11.4 Å². The van der Waals surface area contributed by atoms with E-state index in [0.29, 0.717) is 12.1 Å². The Bertz CT molecular complexity index is 604. The van der Waals surface area contributed by atoms with Crippen molar-refractivity contribution in [2.75, 3.05) is 13.1 Å². The Morgan fingerprint density at radius 2 is 1.26 bits per heavy atom. The Kier molecular flexibility index (Phi) is 8.85. The Labute approximate surface area is 176 Å². The van der Waals surface area contributed by atoms with Crippen LogP contribution in [0.4, 0.5) is 0 Å². The summed E-state index contributed by atoms with van der Waals surface area (Å²) in [5.41, 5.74) is 2.39. The molecule has 0 amide bonds. The average molecular weight is 448 g/mol. The van der Waals surface area contributed by atoms with E-state index in [1.165, 1.54) is 50.2 Å². The summed E-state index contributed by atoms with van der Waals surface area (Å²) in [6.45, 7) is 4.38. The smallest absolute Gasteiger partial charge is 0.0544 e. The molecule has 2 saturated heterocycles. The van der Waals surface area contributed by atoms with Gasteiger partial charge in [-0.1, -0.05) is 12.1 Å². The van der Waals surface area contributed by atoms with Gasteiger partial charge in [0, 0.05) is 37.6 Å². The first-order valence-electron chi connectivity index (χ1n) is 9.46. The van der Waals surface area contributed by atoms with Crippen LogP contribution in [0.1, 0.15) is 37.1 Å². The number of nitrogens with zero attached hydrogens (tertiary/aromatic N) is 4. The van der Waals surface area contributed by atoms with Crippen LogP contribution in [0, 0.1) is 0 Å². The molecule has 7 heteroatoms. The normalized spacial score (nSPS) is 23.2. The van der Waals surface area contributed by atoms with Crippen molar-refractivity contribution < 1.29 is 13.1 Å². The monoisotopic (exact) mass is 447 g/mol. The molecule has 0 N–H and O–H groups in total. The zero-order valence-electron chi connectivity index (χ0n) is 15.4. The molecule has 4 nitrogen and oxygen atoms in total. The van der Waals surface area contributed by atoms with Crippen LogP contribution in [0.15, 0.2) is 48.8 Å². The predicted molar refractivity (Wildman–Crippen MR) is 107 cm³/mol. The van der Waals surface area contributed by atoms with E-state index < -0.39 is 0 Å². The molecule has 2 aliphatic rings. The van der Waals surface area contributed by atoms with Crippen molar-refractivity contribution in [1.82, 2.24) is 19.8 Å². The molecule has 2 atom stereocenters. The van der Waals surface area contributed by atoms with Gasteiger partial charge in [-0.2, -0.15) is 0 Å². The van der Waals surface area contributed by atoms with Crippen LogP contribution in [0.2, 0.25) is 0 Å². The zero-order chi connectivity index (χ0) is 18.9. The van der Waals surface area contributed by atoms with Gasteiger partial charge < -0.3 is 0 Å². The molecule has 0 unspecified atom stereocenters. The SMILES string of the molecule is [Cl][Mn][Cl].c1ccc(CN2CCC[C@@H]2[C@H]2CCCN2Cc2ccccn2)nc1. The molecule has 0 aliphatic carbocycles. The van der Waals surface area contributed by atoms with Gasteiger partial charge >= 0.3 is 33.3 Å². The zero-order valence-corrected chi connectivity index (χ0v) is 18.0. The second-order valence-corrected chi connectivity index (χ2v) is 9.01. The van der Waals surface area contributed by atoms with Crippen LogP contribution in [0.25, 0.3) is 0 Å². The number of hydrogen-bond donors (Lipinski definition) is 0. The van der Waals surface area contributed by atoms with Crippen molar-refractivity contribution in [3.05, 3.63) is 60.2 Å². The third-order valence-corrected chi connectivity index (χ3v) is 5.46. The minimum absolute atomic E-state index is 0.00694. The molecular formula is C20H26Cl2MnN4. The molecule has 27 heavy (non-hydrogen) atoms. The van der Waals surface area contributed by atoms with Crippen LogP contribution in [0.5, 0.6) is 0 Å². The Morgan fingerprint density at radius 3 is 1.63 bits per heavy atom. The topological polar surface area (TPSA) is 32.3 Å². The van der Waals surface area contributed by atoms with Crippen molar-refractivity contribution >= 4 is 20.2 Å². The van der Waals surface area contributed by atoms with E-state index in [-0.39, 0.29) is 13.1 Å². The van der Waals surface area contributed by atoms with Gasteiger partial charge in [0.1, 0.15) is 0 Å². The van der Waals surface area contributed by atoms with Gasteiger partial charge in [-0.25, -0.2) is 0 Å². The van der Waals surface area contributed by atoms with Gasteiger partial charge in [-0.05, 0) is 63.0 Å². The van der Waals surface area contributed by atoms with Crippen LogP contribution >= 0.6 is 20.2 Å². The van der Waals surface area contributed by atoms with Gasteiger partial charge in [-0.3, -0.25) is 19.8 Å². The Balaban J connectivity index is 0.000000659. The molecule has 0 spiro atoms. The molecule has 4 heterocycles. The summed E-state index contributed by atoms with van der Waals surface area (Å²) in [6, 6.07) is 13.8. The maximum atomic E-state index is 4.80. The molecule has 2 aromatic heterocycles. The Hall–Kier alpha value is -0.681. The number of pyridine rings is 2. The van der Waals surface area contributed by atoms with Crippen molar-refractivity contribution in [3.8, 4) is 0 Å². The predicted octanol–water partition coefficient (Wildman–Crippen LogP) is 4.48. The van der Waals surface area contributed by atoms with Gasteiger partial charge in [0.25, 0.3) is 0 Å². The fraction of sp³-hybridized carbons (Fsp3) is 0.500. The summed E-state index contributed by atoms with van der Waals surface area (Å²) in [5.74, 6) is 0. The maximum Gasteiger partial charge on any atom is 0.0544 e. The van der Waals surface area contributed by atoms with Gasteiger partial charge in [0.15, 0.2) is 0 Å². The van der Waals surface area contributed by atoms with Crippen molar-refractivity contribution in [1.29, 1.82) is 0 Å². The summed E-state index contributed by atoms with van der Waals surface area (Å²) < 4.78 is 0. The molecule has 2 fully saturated rings. The fourth-order valence-corrected chi connectivity index (χ4v) is 4.37. The van der Waals surface area contributed by atoms with E-state index in [0.717, 1.165) is 13.1 Å². The molecule has 4 rings (SSSR count). The number of rotatable bonds is 5. The molecular weight excluding hydrogens is 422 g/mol. The van der Waals surface area contributed by atoms with Crippen LogP contribution < -0.4 is 0 Å². The summed E-state index contributed by atoms with van der Waals surface area (Å²) >= 11 is 0.00694. The summed E-state index contributed by atoms with van der Waals surface area (Å²) in [6.07, 6.45) is 9.07.